The maximum Gasteiger partial charge on any atom is 0.266 e. The third kappa shape index (κ3) is 4.44. The number of para-hydroxylation sites is 1. The normalized spacial score (nSPS) is 10.9. The maximum atomic E-state index is 13.4. The predicted octanol–water partition coefficient (Wildman–Crippen LogP) is 3.89. The Morgan fingerprint density at radius 1 is 1.12 bits per heavy atom. The Balaban J connectivity index is 1.70. The summed E-state index contributed by atoms with van der Waals surface area (Å²) in [5, 5.41) is 5.72. The van der Waals surface area contributed by atoms with Crippen molar-refractivity contribution in [2.45, 2.75) is 19.0 Å². The number of thioether (sulfide) groups is 1. The van der Waals surface area contributed by atoms with Gasteiger partial charge in [-0.1, -0.05) is 30.0 Å². The number of carbonyl (C=O) groups is 2. The van der Waals surface area contributed by atoms with Gasteiger partial charge in [-0.15, -0.1) is 11.3 Å². The Hall–Kier alpha value is -3.43. The molecule has 2 amide bonds. The van der Waals surface area contributed by atoms with E-state index in [0.29, 0.717) is 26.7 Å². The van der Waals surface area contributed by atoms with Crippen LogP contribution >= 0.6 is 23.1 Å². The number of nitrogens with two attached hydrogens (primary N) is 1. The van der Waals surface area contributed by atoms with E-state index >= 15 is 0 Å². The van der Waals surface area contributed by atoms with Gasteiger partial charge in [0.1, 0.15) is 5.00 Å². The third-order valence-electron chi connectivity index (χ3n) is 4.73. The number of aromatic nitrogens is 2. The fourth-order valence-corrected chi connectivity index (χ4v) is 5.03. The summed E-state index contributed by atoms with van der Waals surface area (Å²) in [6.45, 7) is 3.93. The van der Waals surface area contributed by atoms with E-state index in [-0.39, 0.29) is 22.8 Å². The molecule has 3 N–H and O–H groups in total. The molecular weight excluding hydrogens is 444 g/mol. The van der Waals surface area contributed by atoms with E-state index in [1.165, 1.54) is 11.3 Å². The first-order chi connectivity index (χ1) is 15.3. The van der Waals surface area contributed by atoms with Gasteiger partial charge in [0, 0.05) is 0 Å². The molecule has 0 atom stereocenters. The molecule has 162 valence electrons. The molecule has 0 saturated carbocycles. The molecular formula is C23H20N4O3S2. The lowest BCUT2D eigenvalue weighted by Gasteiger charge is -2.14. The minimum absolute atomic E-state index is 0.00563. The topological polar surface area (TPSA) is 107 Å². The van der Waals surface area contributed by atoms with Crippen LogP contribution in [0.2, 0.25) is 0 Å². The monoisotopic (exact) mass is 464 g/mol. The first-order valence-corrected chi connectivity index (χ1v) is 11.6. The van der Waals surface area contributed by atoms with Crippen LogP contribution in [-0.2, 0) is 4.79 Å². The summed E-state index contributed by atoms with van der Waals surface area (Å²) in [4.78, 5) is 42.1. The smallest absolute Gasteiger partial charge is 0.266 e. The largest absolute Gasteiger partial charge is 0.366 e. The predicted molar refractivity (Wildman–Crippen MR) is 129 cm³/mol. The van der Waals surface area contributed by atoms with E-state index in [2.05, 4.69) is 10.3 Å². The number of amides is 2. The number of aryl methyl sites for hydroxylation is 2. The van der Waals surface area contributed by atoms with Crippen LogP contribution in [0.1, 0.15) is 21.5 Å². The average molecular weight is 465 g/mol. The van der Waals surface area contributed by atoms with Crippen LogP contribution in [0.25, 0.3) is 16.6 Å². The van der Waals surface area contributed by atoms with Crippen LogP contribution in [0.3, 0.4) is 0 Å². The van der Waals surface area contributed by atoms with Crippen molar-refractivity contribution in [3.05, 3.63) is 81.0 Å². The molecule has 0 unspecified atom stereocenters. The lowest BCUT2D eigenvalue weighted by Crippen LogP contribution is -2.23. The summed E-state index contributed by atoms with van der Waals surface area (Å²) in [5.74, 6) is -0.922. The summed E-state index contributed by atoms with van der Waals surface area (Å²) in [5.41, 5.74) is 8.71. The van der Waals surface area contributed by atoms with Crippen LogP contribution < -0.4 is 16.6 Å². The highest BCUT2D eigenvalue weighted by Gasteiger charge is 2.17. The van der Waals surface area contributed by atoms with Gasteiger partial charge >= 0.3 is 0 Å². The molecule has 2 aromatic heterocycles. The minimum atomic E-state index is -0.603. The number of benzene rings is 2. The average Bonchev–Trinajstić information content (AvgIpc) is 3.20. The highest BCUT2D eigenvalue weighted by molar-refractivity contribution is 7.99. The van der Waals surface area contributed by atoms with Crippen molar-refractivity contribution in [2.75, 3.05) is 11.1 Å². The maximum absolute atomic E-state index is 13.4. The van der Waals surface area contributed by atoms with Crippen LogP contribution in [-0.4, -0.2) is 27.1 Å². The standard InChI is InChI=1S/C23H20N4O3S2/c1-13-9-14(2)11-15(10-13)27-22(30)16-5-3-4-6-18(16)25-23(27)32-12-19(28)26-21-17(20(24)29)7-8-31-21/h3-11H,12H2,1-2H3,(H2,24,29)(H,26,28). The molecule has 4 rings (SSSR count). The van der Waals surface area contributed by atoms with Crippen LogP contribution in [0, 0.1) is 13.8 Å². The SMILES string of the molecule is Cc1cc(C)cc(-n2c(SCC(=O)Nc3sccc3C(N)=O)nc3ccccc3c2=O)c1. The number of carbonyl (C=O) groups excluding carboxylic acids is 2. The first-order valence-electron chi connectivity index (χ1n) is 9.74. The van der Waals surface area contributed by atoms with E-state index in [1.807, 2.05) is 38.1 Å². The van der Waals surface area contributed by atoms with Crippen LogP contribution in [0.15, 0.2) is 63.9 Å². The summed E-state index contributed by atoms with van der Waals surface area (Å²) in [6, 6.07) is 14.6. The van der Waals surface area contributed by atoms with Crippen molar-refractivity contribution < 1.29 is 9.59 Å². The van der Waals surface area contributed by atoms with Gasteiger partial charge < -0.3 is 11.1 Å². The molecule has 0 aliphatic heterocycles. The molecule has 32 heavy (non-hydrogen) atoms. The molecule has 0 aliphatic carbocycles. The van der Waals surface area contributed by atoms with E-state index < -0.39 is 5.91 Å². The molecule has 9 heteroatoms. The zero-order valence-electron chi connectivity index (χ0n) is 17.4. The quantitative estimate of drug-likeness (QED) is 0.332. The number of primary amides is 1. The molecule has 0 saturated heterocycles. The molecule has 2 aromatic carbocycles. The number of hydrogen-bond acceptors (Lipinski definition) is 6. The van der Waals surface area contributed by atoms with Crippen molar-refractivity contribution in [2.24, 2.45) is 5.73 Å². The summed E-state index contributed by atoms with van der Waals surface area (Å²) in [6.07, 6.45) is 0. The number of rotatable bonds is 6. The van der Waals surface area contributed by atoms with Crippen LogP contribution in [0.4, 0.5) is 5.00 Å². The van der Waals surface area contributed by atoms with E-state index in [4.69, 9.17) is 5.73 Å². The molecule has 0 aliphatic rings. The zero-order valence-corrected chi connectivity index (χ0v) is 19.0. The molecule has 4 aromatic rings. The molecule has 0 radical (unpaired) electrons. The second-order valence-electron chi connectivity index (χ2n) is 7.26. The Kier molecular flexibility index (Phi) is 6.11. The molecule has 0 bridgehead atoms. The number of hydrogen-bond donors (Lipinski definition) is 2. The number of fused-ring (bicyclic) bond motifs is 1. The molecule has 2 heterocycles. The number of nitrogens with one attached hydrogen (secondary N) is 1. The van der Waals surface area contributed by atoms with Gasteiger partial charge in [0.15, 0.2) is 5.16 Å². The van der Waals surface area contributed by atoms with Gasteiger partial charge in [0.25, 0.3) is 11.5 Å². The molecule has 7 nitrogen and oxygen atoms in total. The second-order valence-corrected chi connectivity index (χ2v) is 9.12. The van der Waals surface area contributed by atoms with Gasteiger partial charge in [0.05, 0.1) is 27.9 Å². The van der Waals surface area contributed by atoms with Gasteiger partial charge in [0.2, 0.25) is 5.91 Å². The first kappa shape index (κ1) is 21.8. The molecule has 0 spiro atoms. The van der Waals surface area contributed by atoms with E-state index in [9.17, 15) is 14.4 Å². The number of anilines is 1. The van der Waals surface area contributed by atoms with Crippen LogP contribution in [0.5, 0.6) is 0 Å². The third-order valence-corrected chi connectivity index (χ3v) is 6.49. The molecule has 0 fully saturated rings. The van der Waals surface area contributed by atoms with Crippen molar-refractivity contribution in [1.29, 1.82) is 0 Å². The van der Waals surface area contributed by atoms with Gasteiger partial charge in [-0.2, -0.15) is 0 Å². The van der Waals surface area contributed by atoms with Gasteiger partial charge in [-0.3, -0.25) is 19.0 Å². The number of nitrogens with zero attached hydrogens (tertiary/aromatic N) is 2. The Morgan fingerprint density at radius 2 is 1.84 bits per heavy atom. The highest BCUT2D eigenvalue weighted by Crippen LogP contribution is 2.25. The van der Waals surface area contributed by atoms with E-state index in [1.54, 1.807) is 34.2 Å². The minimum Gasteiger partial charge on any atom is -0.366 e. The summed E-state index contributed by atoms with van der Waals surface area (Å²) < 4.78 is 1.54. The number of thiophene rings is 1. The Labute approximate surface area is 192 Å². The van der Waals surface area contributed by atoms with Gasteiger partial charge in [-0.05, 0) is 60.7 Å². The Bertz CT molecular complexity index is 1390. The fraction of sp³-hybridized carbons (Fsp3) is 0.130. The highest BCUT2D eigenvalue weighted by atomic mass is 32.2. The van der Waals surface area contributed by atoms with Gasteiger partial charge in [-0.25, -0.2) is 4.98 Å². The summed E-state index contributed by atoms with van der Waals surface area (Å²) in [7, 11) is 0. The Morgan fingerprint density at radius 3 is 2.56 bits per heavy atom. The summed E-state index contributed by atoms with van der Waals surface area (Å²) >= 11 is 2.38. The van der Waals surface area contributed by atoms with Crippen molar-refractivity contribution in [3.63, 3.8) is 0 Å². The lowest BCUT2D eigenvalue weighted by atomic mass is 10.1. The lowest BCUT2D eigenvalue weighted by molar-refractivity contribution is -0.113. The van der Waals surface area contributed by atoms with Crippen molar-refractivity contribution in [1.82, 2.24) is 9.55 Å². The van der Waals surface area contributed by atoms with Crippen molar-refractivity contribution in [3.8, 4) is 5.69 Å². The van der Waals surface area contributed by atoms with Crippen molar-refractivity contribution >= 4 is 50.8 Å². The zero-order chi connectivity index (χ0) is 22.8. The second kappa shape index (κ2) is 8.97. The van der Waals surface area contributed by atoms with E-state index in [0.717, 1.165) is 22.9 Å². The fourth-order valence-electron chi connectivity index (χ4n) is 3.41.